The van der Waals surface area contributed by atoms with Crippen molar-refractivity contribution in [3.8, 4) is 17.2 Å². The second kappa shape index (κ2) is 7.23. The highest BCUT2D eigenvalue weighted by Crippen LogP contribution is 2.30. The summed E-state index contributed by atoms with van der Waals surface area (Å²) < 4.78 is 13.5. The van der Waals surface area contributed by atoms with E-state index >= 15 is 0 Å². The molecule has 6 nitrogen and oxygen atoms in total. The van der Waals surface area contributed by atoms with Gasteiger partial charge in [0, 0.05) is 23.8 Å². The van der Waals surface area contributed by atoms with Crippen molar-refractivity contribution in [1.29, 1.82) is 0 Å². The Morgan fingerprint density at radius 1 is 1.00 bits per heavy atom. The Bertz CT molecular complexity index is 876. The lowest BCUT2D eigenvalue weighted by atomic mass is 10.2. The number of carbonyl (C=O) groups is 1. The van der Waals surface area contributed by atoms with Crippen LogP contribution in [0.5, 0.6) is 11.5 Å². The molecule has 0 spiro atoms. The second-order valence-electron chi connectivity index (χ2n) is 5.97. The van der Waals surface area contributed by atoms with E-state index in [2.05, 4.69) is 10.6 Å². The molecule has 0 saturated heterocycles. The first-order valence-corrected chi connectivity index (χ1v) is 8.45. The number of hydrogen-bond donors (Lipinski definition) is 2. The lowest BCUT2D eigenvalue weighted by Crippen LogP contribution is -2.42. The molecule has 1 aromatic heterocycles. The van der Waals surface area contributed by atoms with Gasteiger partial charge < -0.3 is 24.7 Å². The highest BCUT2D eigenvalue weighted by molar-refractivity contribution is 5.89. The molecular formula is C20H19N3O3. The number of nitrogens with zero attached hydrogens (tertiary/aromatic N) is 1. The summed E-state index contributed by atoms with van der Waals surface area (Å²) in [6.07, 6.45) is 3.73. The third-order valence-corrected chi connectivity index (χ3v) is 4.09. The minimum absolute atomic E-state index is 0.216. The monoisotopic (exact) mass is 349 g/mol. The van der Waals surface area contributed by atoms with Crippen molar-refractivity contribution >= 4 is 11.7 Å². The zero-order valence-electron chi connectivity index (χ0n) is 14.1. The zero-order chi connectivity index (χ0) is 17.8. The number of fused-ring (bicyclic) bond motifs is 1. The molecular weight excluding hydrogens is 330 g/mol. The van der Waals surface area contributed by atoms with Gasteiger partial charge in [0.05, 0.1) is 6.54 Å². The van der Waals surface area contributed by atoms with Gasteiger partial charge in [-0.25, -0.2) is 4.79 Å². The van der Waals surface area contributed by atoms with Gasteiger partial charge in [-0.3, -0.25) is 0 Å². The normalized spacial score (nSPS) is 15.3. The smallest absolute Gasteiger partial charge is 0.319 e. The van der Waals surface area contributed by atoms with Crippen LogP contribution < -0.4 is 20.1 Å². The van der Waals surface area contributed by atoms with E-state index < -0.39 is 0 Å². The molecule has 1 unspecified atom stereocenters. The average Bonchev–Trinajstić information content (AvgIpc) is 3.22. The molecule has 26 heavy (non-hydrogen) atoms. The summed E-state index contributed by atoms with van der Waals surface area (Å²) in [4.78, 5) is 12.1. The van der Waals surface area contributed by atoms with Gasteiger partial charge in [0.25, 0.3) is 0 Å². The van der Waals surface area contributed by atoms with E-state index in [1.54, 1.807) is 0 Å². The van der Waals surface area contributed by atoms with Crippen molar-refractivity contribution in [2.24, 2.45) is 0 Å². The van der Waals surface area contributed by atoms with Crippen LogP contribution in [-0.2, 0) is 0 Å². The molecule has 6 heteroatoms. The lowest BCUT2D eigenvalue weighted by Gasteiger charge is -2.26. The molecule has 2 N–H and O–H groups in total. The predicted molar refractivity (Wildman–Crippen MR) is 99.1 cm³/mol. The number of aromatic nitrogens is 1. The number of rotatable bonds is 4. The molecule has 132 valence electrons. The van der Waals surface area contributed by atoms with E-state index in [0.717, 1.165) is 17.1 Å². The lowest BCUT2D eigenvalue weighted by molar-refractivity contribution is 0.0922. The van der Waals surface area contributed by atoms with E-state index in [4.69, 9.17) is 9.47 Å². The van der Waals surface area contributed by atoms with Gasteiger partial charge in [0.15, 0.2) is 17.6 Å². The number of nitrogens with one attached hydrogen (secondary N) is 2. The summed E-state index contributed by atoms with van der Waals surface area (Å²) in [6, 6.07) is 18.8. The number of ether oxygens (including phenoxy) is 2. The maximum absolute atomic E-state index is 12.1. The van der Waals surface area contributed by atoms with Crippen LogP contribution in [0.2, 0.25) is 0 Å². The third-order valence-electron chi connectivity index (χ3n) is 4.09. The van der Waals surface area contributed by atoms with Crippen molar-refractivity contribution in [3.05, 3.63) is 73.1 Å². The highest BCUT2D eigenvalue weighted by atomic mass is 16.6. The quantitative estimate of drug-likeness (QED) is 0.758. The SMILES string of the molecule is O=C(NCC1COc2ccccc2O1)Nc1ccc(-n2cccc2)cc1. The maximum Gasteiger partial charge on any atom is 0.319 e. The van der Waals surface area contributed by atoms with E-state index in [1.807, 2.05) is 77.6 Å². The van der Waals surface area contributed by atoms with Crippen molar-refractivity contribution in [3.63, 3.8) is 0 Å². The third kappa shape index (κ3) is 3.64. The fourth-order valence-electron chi connectivity index (χ4n) is 2.77. The van der Waals surface area contributed by atoms with Crippen LogP contribution >= 0.6 is 0 Å². The molecule has 0 radical (unpaired) electrons. The van der Waals surface area contributed by atoms with E-state index in [-0.39, 0.29) is 12.1 Å². The Labute approximate surface area is 151 Å². The fourth-order valence-corrected chi connectivity index (χ4v) is 2.77. The van der Waals surface area contributed by atoms with Gasteiger partial charge >= 0.3 is 6.03 Å². The molecule has 0 saturated carbocycles. The van der Waals surface area contributed by atoms with Crippen molar-refractivity contribution in [1.82, 2.24) is 9.88 Å². The predicted octanol–water partition coefficient (Wildman–Crippen LogP) is 3.44. The van der Waals surface area contributed by atoms with Crippen molar-refractivity contribution < 1.29 is 14.3 Å². The summed E-state index contributed by atoms with van der Waals surface area (Å²) >= 11 is 0. The van der Waals surface area contributed by atoms with Crippen LogP contribution in [0.3, 0.4) is 0 Å². The Hall–Kier alpha value is -3.41. The van der Waals surface area contributed by atoms with Gasteiger partial charge in [-0.05, 0) is 48.5 Å². The first kappa shape index (κ1) is 16.1. The zero-order valence-corrected chi connectivity index (χ0v) is 14.1. The highest BCUT2D eigenvalue weighted by Gasteiger charge is 2.20. The number of amides is 2. The summed E-state index contributed by atoms with van der Waals surface area (Å²) in [5, 5.41) is 5.63. The number of benzene rings is 2. The Morgan fingerprint density at radius 3 is 2.50 bits per heavy atom. The Morgan fingerprint density at radius 2 is 1.73 bits per heavy atom. The van der Waals surface area contributed by atoms with Gasteiger partial charge in [-0.15, -0.1) is 0 Å². The van der Waals surface area contributed by atoms with Gasteiger partial charge in [0.1, 0.15) is 6.61 Å². The number of carbonyl (C=O) groups excluding carboxylic acids is 1. The molecule has 2 amide bonds. The van der Waals surface area contributed by atoms with Crippen LogP contribution in [0.15, 0.2) is 73.1 Å². The molecule has 0 aliphatic carbocycles. The van der Waals surface area contributed by atoms with E-state index in [0.29, 0.717) is 18.9 Å². The van der Waals surface area contributed by atoms with E-state index in [1.165, 1.54) is 0 Å². The number of anilines is 1. The molecule has 1 atom stereocenters. The summed E-state index contributed by atoms with van der Waals surface area (Å²) in [7, 11) is 0. The fraction of sp³-hybridized carbons (Fsp3) is 0.150. The molecule has 4 rings (SSSR count). The Balaban J connectivity index is 1.28. The first-order valence-electron chi connectivity index (χ1n) is 8.45. The van der Waals surface area contributed by atoms with Gasteiger partial charge in [-0.1, -0.05) is 12.1 Å². The molecule has 0 fully saturated rings. The van der Waals surface area contributed by atoms with Crippen LogP contribution in [0.4, 0.5) is 10.5 Å². The van der Waals surface area contributed by atoms with Gasteiger partial charge in [-0.2, -0.15) is 0 Å². The number of urea groups is 1. The van der Waals surface area contributed by atoms with Crippen molar-refractivity contribution in [2.75, 3.05) is 18.5 Å². The minimum atomic E-state index is -0.277. The largest absolute Gasteiger partial charge is 0.486 e. The maximum atomic E-state index is 12.1. The molecule has 3 aromatic rings. The molecule has 1 aliphatic heterocycles. The molecule has 2 aromatic carbocycles. The topological polar surface area (TPSA) is 64.5 Å². The van der Waals surface area contributed by atoms with Crippen LogP contribution in [-0.4, -0.2) is 29.9 Å². The van der Waals surface area contributed by atoms with Crippen LogP contribution in [0.1, 0.15) is 0 Å². The number of para-hydroxylation sites is 2. The number of hydrogen-bond acceptors (Lipinski definition) is 3. The van der Waals surface area contributed by atoms with Gasteiger partial charge in [0.2, 0.25) is 0 Å². The summed E-state index contributed by atoms with van der Waals surface area (Å²) in [5.41, 5.74) is 1.76. The van der Waals surface area contributed by atoms with Crippen molar-refractivity contribution in [2.45, 2.75) is 6.10 Å². The molecule has 0 bridgehead atoms. The van der Waals surface area contributed by atoms with Crippen LogP contribution in [0.25, 0.3) is 5.69 Å². The van der Waals surface area contributed by atoms with Crippen LogP contribution in [0, 0.1) is 0 Å². The molecule has 1 aliphatic rings. The van der Waals surface area contributed by atoms with E-state index in [9.17, 15) is 4.79 Å². The minimum Gasteiger partial charge on any atom is -0.486 e. The summed E-state index contributed by atoms with van der Waals surface area (Å²) in [6.45, 7) is 0.768. The standard InChI is InChI=1S/C20H19N3O3/c24-20(21-13-17-14-25-18-5-1-2-6-19(18)26-17)22-15-7-9-16(10-8-15)23-11-3-4-12-23/h1-12,17H,13-14H2,(H2,21,22,24). The Kier molecular flexibility index (Phi) is 4.47. The average molecular weight is 349 g/mol. The first-order chi connectivity index (χ1) is 12.8. The molecule has 2 heterocycles. The summed E-state index contributed by atoms with van der Waals surface area (Å²) in [5.74, 6) is 1.43. The second-order valence-corrected chi connectivity index (χ2v) is 5.97.